The minimum absolute atomic E-state index is 0.216. The molecule has 2 N–H and O–H groups in total. The first-order chi connectivity index (χ1) is 13.8. The summed E-state index contributed by atoms with van der Waals surface area (Å²) in [5.41, 5.74) is 3.26. The van der Waals surface area contributed by atoms with E-state index in [0.717, 1.165) is 12.1 Å². The Hall–Kier alpha value is -3.88. The number of pyridine rings is 1. The summed E-state index contributed by atoms with van der Waals surface area (Å²) in [4.78, 5) is 28.0. The van der Waals surface area contributed by atoms with Crippen molar-refractivity contribution in [1.29, 1.82) is 0 Å². The van der Waals surface area contributed by atoms with Crippen molar-refractivity contribution in [3.8, 4) is 11.5 Å². The van der Waals surface area contributed by atoms with E-state index in [-0.39, 0.29) is 11.1 Å². The van der Waals surface area contributed by atoms with E-state index in [1.54, 1.807) is 30.5 Å². The lowest BCUT2D eigenvalue weighted by molar-refractivity contribution is -0.137. The summed E-state index contributed by atoms with van der Waals surface area (Å²) in [5.74, 6) is -0.514. The molecule has 0 saturated heterocycles. The fourth-order valence-corrected chi connectivity index (χ4v) is 2.31. The molecule has 3 aromatic rings. The summed E-state index contributed by atoms with van der Waals surface area (Å²) >= 11 is 0. The number of alkyl halides is 3. The van der Waals surface area contributed by atoms with E-state index in [9.17, 15) is 22.8 Å². The van der Waals surface area contributed by atoms with Crippen LogP contribution >= 0.6 is 0 Å². The summed E-state index contributed by atoms with van der Waals surface area (Å²) < 4.78 is 43.7. The third kappa shape index (κ3) is 5.32. The zero-order valence-corrected chi connectivity index (χ0v) is 14.7. The largest absolute Gasteiger partial charge is 0.456 e. The molecule has 0 radical (unpaired) electrons. The first kappa shape index (κ1) is 19.9. The van der Waals surface area contributed by atoms with Crippen molar-refractivity contribution in [3.63, 3.8) is 0 Å². The highest BCUT2D eigenvalue weighted by Crippen LogP contribution is 2.29. The molecular formula is C20H14F3N3O3. The average Bonchev–Trinajstić information content (AvgIpc) is 2.72. The molecule has 148 valence electrons. The van der Waals surface area contributed by atoms with Crippen molar-refractivity contribution < 1.29 is 27.5 Å². The van der Waals surface area contributed by atoms with Crippen LogP contribution < -0.4 is 15.6 Å². The Morgan fingerprint density at radius 3 is 2.14 bits per heavy atom. The molecule has 0 spiro atoms. The molecule has 0 saturated carbocycles. The zero-order valence-electron chi connectivity index (χ0n) is 14.7. The molecular weight excluding hydrogens is 387 g/mol. The van der Waals surface area contributed by atoms with Crippen LogP contribution in [0.1, 0.15) is 26.3 Å². The van der Waals surface area contributed by atoms with Gasteiger partial charge in [-0.1, -0.05) is 6.07 Å². The molecule has 1 heterocycles. The number of nitrogens with zero attached hydrogens (tertiary/aromatic N) is 1. The molecule has 2 amide bonds. The van der Waals surface area contributed by atoms with Crippen LogP contribution in [0.4, 0.5) is 13.2 Å². The maximum Gasteiger partial charge on any atom is 0.416 e. The van der Waals surface area contributed by atoms with Crippen LogP contribution in [-0.4, -0.2) is 16.8 Å². The summed E-state index contributed by atoms with van der Waals surface area (Å²) in [6.45, 7) is 0. The maximum atomic E-state index is 12.7. The number of hydrazine groups is 1. The smallest absolute Gasteiger partial charge is 0.416 e. The molecule has 0 atom stereocenters. The molecule has 0 aliphatic rings. The van der Waals surface area contributed by atoms with Gasteiger partial charge in [0.1, 0.15) is 11.5 Å². The van der Waals surface area contributed by atoms with Gasteiger partial charge in [0.25, 0.3) is 11.8 Å². The second-order valence-electron chi connectivity index (χ2n) is 5.80. The lowest BCUT2D eigenvalue weighted by Gasteiger charge is -2.10. The second-order valence-corrected chi connectivity index (χ2v) is 5.80. The van der Waals surface area contributed by atoms with E-state index < -0.39 is 23.6 Å². The van der Waals surface area contributed by atoms with Crippen LogP contribution in [0.5, 0.6) is 11.5 Å². The lowest BCUT2D eigenvalue weighted by Crippen LogP contribution is -2.41. The van der Waals surface area contributed by atoms with Crippen LogP contribution in [0.25, 0.3) is 0 Å². The number of halogens is 3. The number of hydrogen-bond donors (Lipinski definition) is 2. The highest BCUT2D eigenvalue weighted by molar-refractivity contribution is 5.99. The van der Waals surface area contributed by atoms with Crippen molar-refractivity contribution in [3.05, 3.63) is 89.7 Å². The second kappa shape index (κ2) is 8.42. The van der Waals surface area contributed by atoms with E-state index in [0.29, 0.717) is 17.6 Å². The summed E-state index contributed by atoms with van der Waals surface area (Å²) in [6, 6.07) is 13.3. The SMILES string of the molecule is O=C(NNC(=O)c1cccc(C(F)(F)F)c1)c1ccc(Oc2cccnc2)cc1. The van der Waals surface area contributed by atoms with Gasteiger partial charge in [0, 0.05) is 17.3 Å². The monoisotopic (exact) mass is 401 g/mol. The van der Waals surface area contributed by atoms with Crippen LogP contribution in [0.2, 0.25) is 0 Å². The van der Waals surface area contributed by atoms with E-state index in [1.165, 1.54) is 24.4 Å². The average molecular weight is 401 g/mol. The molecule has 0 bridgehead atoms. The number of ether oxygens (including phenoxy) is 1. The van der Waals surface area contributed by atoms with Gasteiger partial charge in [-0.25, -0.2) is 0 Å². The fraction of sp³-hybridized carbons (Fsp3) is 0.0500. The predicted octanol–water partition coefficient (Wildman–Crippen LogP) is 3.97. The van der Waals surface area contributed by atoms with Gasteiger partial charge in [0.15, 0.2) is 0 Å². The highest BCUT2D eigenvalue weighted by Gasteiger charge is 2.30. The normalized spacial score (nSPS) is 10.9. The van der Waals surface area contributed by atoms with Crippen molar-refractivity contribution >= 4 is 11.8 Å². The molecule has 9 heteroatoms. The first-order valence-corrected chi connectivity index (χ1v) is 8.29. The van der Waals surface area contributed by atoms with Crippen molar-refractivity contribution in [1.82, 2.24) is 15.8 Å². The molecule has 0 aliphatic heterocycles. The summed E-state index contributed by atoms with van der Waals surface area (Å²) in [5, 5.41) is 0. The number of aromatic nitrogens is 1. The number of amides is 2. The first-order valence-electron chi connectivity index (χ1n) is 8.29. The third-order valence-corrected chi connectivity index (χ3v) is 3.73. The van der Waals surface area contributed by atoms with Gasteiger partial charge in [-0.15, -0.1) is 0 Å². The highest BCUT2D eigenvalue weighted by atomic mass is 19.4. The Labute approximate surface area is 163 Å². The maximum absolute atomic E-state index is 12.7. The Balaban J connectivity index is 1.58. The topological polar surface area (TPSA) is 80.3 Å². The third-order valence-electron chi connectivity index (χ3n) is 3.73. The molecule has 0 fully saturated rings. The molecule has 1 aromatic heterocycles. The fourth-order valence-electron chi connectivity index (χ4n) is 2.31. The molecule has 0 unspecified atom stereocenters. The lowest BCUT2D eigenvalue weighted by atomic mass is 10.1. The molecule has 3 rings (SSSR count). The number of nitrogens with one attached hydrogen (secondary N) is 2. The van der Waals surface area contributed by atoms with Crippen LogP contribution in [-0.2, 0) is 6.18 Å². The predicted molar refractivity (Wildman–Crippen MR) is 97.1 cm³/mol. The van der Waals surface area contributed by atoms with Gasteiger partial charge >= 0.3 is 6.18 Å². The quantitative estimate of drug-likeness (QED) is 0.649. The Kier molecular flexibility index (Phi) is 5.77. The number of hydrogen-bond acceptors (Lipinski definition) is 4. The Morgan fingerprint density at radius 2 is 1.52 bits per heavy atom. The molecule has 29 heavy (non-hydrogen) atoms. The molecule has 0 aliphatic carbocycles. The number of rotatable bonds is 4. The van der Waals surface area contributed by atoms with Crippen molar-refractivity contribution in [2.45, 2.75) is 6.18 Å². The van der Waals surface area contributed by atoms with Crippen LogP contribution in [0, 0.1) is 0 Å². The van der Waals surface area contributed by atoms with Gasteiger partial charge in [0.2, 0.25) is 0 Å². The van der Waals surface area contributed by atoms with Crippen molar-refractivity contribution in [2.75, 3.05) is 0 Å². The Morgan fingerprint density at radius 1 is 0.828 bits per heavy atom. The van der Waals surface area contributed by atoms with Gasteiger partial charge in [-0.3, -0.25) is 25.4 Å². The number of carbonyl (C=O) groups is 2. The number of carbonyl (C=O) groups excluding carboxylic acids is 2. The summed E-state index contributed by atoms with van der Waals surface area (Å²) in [7, 11) is 0. The van der Waals surface area contributed by atoms with Gasteiger partial charge in [-0.05, 0) is 54.6 Å². The standard InChI is InChI=1S/C20H14F3N3O3/c21-20(22,23)15-4-1-3-14(11-15)19(28)26-25-18(27)13-6-8-16(9-7-13)29-17-5-2-10-24-12-17/h1-12H,(H,25,27)(H,26,28). The van der Waals surface area contributed by atoms with E-state index in [2.05, 4.69) is 15.8 Å². The minimum atomic E-state index is -4.57. The van der Waals surface area contributed by atoms with E-state index >= 15 is 0 Å². The van der Waals surface area contributed by atoms with Gasteiger partial charge in [-0.2, -0.15) is 13.2 Å². The van der Waals surface area contributed by atoms with Crippen LogP contribution in [0.15, 0.2) is 73.1 Å². The minimum Gasteiger partial charge on any atom is -0.456 e. The Bertz CT molecular complexity index is 1010. The van der Waals surface area contributed by atoms with Crippen molar-refractivity contribution in [2.24, 2.45) is 0 Å². The molecule has 6 nitrogen and oxygen atoms in total. The molecule has 2 aromatic carbocycles. The van der Waals surface area contributed by atoms with Gasteiger partial charge < -0.3 is 4.74 Å². The van der Waals surface area contributed by atoms with Crippen LogP contribution in [0.3, 0.4) is 0 Å². The number of benzene rings is 2. The van der Waals surface area contributed by atoms with E-state index in [1.807, 2.05) is 0 Å². The summed E-state index contributed by atoms with van der Waals surface area (Å²) in [6.07, 6.45) is -1.43. The zero-order chi connectivity index (χ0) is 20.9. The van der Waals surface area contributed by atoms with E-state index in [4.69, 9.17) is 4.74 Å². The van der Waals surface area contributed by atoms with Gasteiger partial charge in [0.05, 0.1) is 11.8 Å².